The Hall–Kier alpha value is -1.55. The van der Waals surface area contributed by atoms with E-state index in [2.05, 4.69) is 38.0 Å². The van der Waals surface area contributed by atoms with Gasteiger partial charge in [-0.2, -0.15) is 0 Å². The van der Waals surface area contributed by atoms with Crippen molar-refractivity contribution in [1.29, 1.82) is 0 Å². The smallest absolute Gasteiger partial charge is 0.239 e. The Morgan fingerprint density at radius 3 is 2.22 bits per heavy atom. The second kappa shape index (κ2) is 12.0. The van der Waals surface area contributed by atoms with E-state index < -0.39 is 0 Å². The molecule has 0 spiro atoms. The maximum absolute atomic E-state index is 11.9. The van der Waals surface area contributed by atoms with Crippen LogP contribution in [0.25, 0.3) is 0 Å². The van der Waals surface area contributed by atoms with Gasteiger partial charge in [0.1, 0.15) is 5.75 Å². The molecule has 0 saturated carbocycles. The van der Waals surface area contributed by atoms with Crippen LogP contribution in [-0.4, -0.2) is 63.6 Å². The summed E-state index contributed by atoms with van der Waals surface area (Å²) in [6, 6.07) is 8.17. The van der Waals surface area contributed by atoms with Gasteiger partial charge in [0.2, 0.25) is 5.91 Å². The third-order valence-electron chi connectivity index (χ3n) is 3.74. The number of carbonyl (C=O) groups excluding carboxylic acids is 1. The van der Waals surface area contributed by atoms with Crippen LogP contribution in [0.4, 0.5) is 0 Å². The van der Waals surface area contributed by atoms with Crippen LogP contribution in [0, 0.1) is 0 Å². The maximum atomic E-state index is 11.9. The van der Waals surface area contributed by atoms with Crippen LogP contribution in [-0.2, 0) is 4.79 Å². The highest BCUT2D eigenvalue weighted by molar-refractivity contribution is 14.0. The molecule has 1 rings (SSSR count). The molecule has 0 aliphatic carbocycles. The van der Waals surface area contributed by atoms with E-state index in [1.807, 2.05) is 47.0 Å². The maximum Gasteiger partial charge on any atom is 0.239 e. The van der Waals surface area contributed by atoms with Crippen LogP contribution < -0.4 is 20.7 Å². The van der Waals surface area contributed by atoms with Gasteiger partial charge in [0.25, 0.3) is 0 Å². The lowest BCUT2D eigenvalue weighted by atomic mass is 10.1. The fraction of sp³-hybridized carbons (Fsp3) is 0.579. The van der Waals surface area contributed by atoms with Gasteiger partial charge in [-0.05, 0) is 52.6 Å². The molecule has 1 aromatic rings. The second-order valence-electron chi connectivity index (χ2n) is 7.36. The Balaban J connectivity index is 0.00000676. The molecular weight excluding hydrogens is 457 g/mol. The molecule has 8 heteroatoms. The number of nitrogens with zero attached hydrogens (tertiary/aromatic N) is 2. The lowest BCUT2D eigenvalue weighted by molar-refractivity contribution is -0.121. The summed E-state index contributed by atoms with van der Waals surface area (Å²) in [5, 5.41) is 9.24. The molecule has 27 heavy (non-hydrogen) atoms. The summed E-state index contributed by atoms with van der Waals surface area (Å²) in [7, 11) is 7.41. The molecule has 3 N–H and O–H groups in total. The zero-order valence-electron chi connectivity index (χ0n) is 17.4. The summed E-state index contributed by atoms with van der Waals surface area (Å²) in [5.41, 5.74) is 0.921. The predicted octanol–water partition coefficient (Wildman–Crippen LogP) is 2.00. The minimum atomic E-state index is -0.250. The molecule has 0 radical (unpaired) electrons. The first-order chi connectivity index (χ1) is 12.2. The highest BCUT2D eigenvalue weighted by Gasteiger charge is 2.16. The number of guanidine groups is 1. The number of hydrogen-bond donors (Lipinski definition) is 3. The molecule has 1 unspecified atom stereocenters. The lowest BCUT2D eigenvalue weighted by Crippen LogP contribution is -2.49. The fourth-order valence-corrected chi connectivity index (χ4v) is 2.47. The summed E-state index contributed by atoms with van der Waals surface area (Å²) >= 11 is 0. The van der Waals surface area contributed by atoms with Gasteiger partial charge >= 0.3 is 0 Å². The molecule has 0 aliphatic rings. The van der Waals surface area contributed by atoms with Crippen LogP contribution in [0.2, 0.25) is 0 Å². The van der Waals surface area contributed by atoms with Crippen LogP contribution in [0.5, 0.6) is 5.75 Å². The van der Waals surface area contributed by atoms with Gasteiger partial charge in [-0.15, -0.1) is 24.0 Å². The number of ether oxygens (including phenoxy) is 1. The fourth-order valence-electron chi connectivity index (χ4n) is 2.47. The van der Waals surface area contributed by atoms with Crippen molar-refractivity contribution in [3.05, 3.63) is 29.8 Å². The van der Waals surface area contributed by atoms with Crippen molar-refractivity contribution in [1.82, 2.24) is 20.9 Å². The lowest BCUT2D eigenvalue weighted by Gasteiger charge is -2.26. The molecule has 0 aliphatic heterocycles. The van der Waals surface area contributed by atoms with Crippen molar-refractivity contribution in [2.45, 2.75) is 32.4 Å². The van der Waals surface area contributed by atoms with Gasteiger partial charge in [-0.3, -0.25) is 9.79 Å². The van der Waals surface area contributed by atoms with Crippen LogP contribution in [0.3, 0.4) is 0 Å². The van der Waals surface area contributed by atoms with E-state index in [4.69, 9.17) is 4.74 Å². The van der Waals surface area contributed by atoms with E-state index >= 15 is 0 Å². The number of hydrogen-bond acceptors (Lipinski definition) is 4. The third-order valence-corrected chi connectivity index (χ3v) is 3.74. The second-order valence-corrected chi connectivity index (χ2v) is 7.36. The zero-order chi connectivity index (χ0) is 19.7. The molecule has 7 nitrogen and oxygen atoms in total. The predicted molar refractivity (Wildman–Crippen MR) is 122 cm³/mol. The Morgan fingerprint density at radius 1 is 1.19 bits per heavy atom. The topological polar surface area (TPSA) is 78.0 Å². The quantitative estimate of drug-likeness (QED) is 0.309. The summed E-state index contributed by atoms with van der Waals surface area (Å²) in [5.74, 6) is 1.36. The molecule has 0 fully saturated rings. The van der Waals surface area contributed by atoms with Crippen molar-refractivity contribution in [2.24, 2.45) is 4.99 Å². The van der Waals surface area contributed by atoms with Gasteiger partial charge in [0.15, 0.2) is 5.96 Å². The molecule has 154 valence electrons. The molecule has 1 atom stereocenters. The average molecular weight is 491 g/mol. The van der Waals surface area contributed by atoms with Crippen LogP contribution >= 0.6 is 24.0 Å². The number of likely N-dealkylation sites (N-methyl/N-ethyl adjacent to an activating group) is 1. The molecule has 1 aromatic carbocycles. The summed E-state index contributed by atoms with van der Waals surface area (Å²) in [6.45, 7) is 6.68. The number of carbonyl (C=O) groups is 1. The van der Waals surface area contributed by atoms with Gasteiger partial charge in [0.05, 0.1) is 19.7 Å². The normalized spacial score (nSPS) is 12.8. The number of amides is 1. The average Bonchev–Trinajstić information content (AvgIpc) is 2.56. The highest BCUT2D eigenvalue weighted by Crippen LogP contribution is 2.20. The molecular formula is C19H34IN5O2. The van der Waals surface area contributed by atoms with Gasteiger partial charge in [-0.1, -0.05) is 12.1 Å². The van der Waals surface area contributed by atoms with E-state index in [0.29, 0.717) is 12.5 Å². The van der Waals surface area contributed by atoms with E-state index in [0.717, 1.165) is 5.75 Å². The van der Waals surface area contributed by atoms with E-state index in [1.54, 1.807) is 14.2 Å². The zero-order valence-corrected chi connectivity index (χ0v) is 19.8. The first kappa shape index (κ1) is 25.4. The minimum absolute atomic E-state index is 0. The molecule has 0 bridgehead atoms. The van der Waals surface area contributed by atoms with E-state index in [-0.39, 0.29) is 48.0 Å². The molecule has 1 amide bonds. The largest absolute Gasteiger partial charge is 0.497 e. The number of benzene rings is 1. The number of aliphatic imine (C=N–C) groups is 1. The van der Waals surface area contributed by atoms with Crippen LogP contribution in [0.15, 0.2) is 29.3 Å². The third kappa shape index (κ3) is 9.81. The summed E-state index contributed by atoms with van der Waals surface area (Å²) in [6.07, 6.45) is 0. The standard InChI is InChI=1S/C19H33N5O2.HI/c1-19(2,3)23-17(25)13-22-18(20-4)21-12-16(24(5)6)14-8-10-15(26-7)11-9-14;/h8-11,16H,12-13H2,1-7H3,(H,23,25)(H2,20,21,22);1H. The van der Waals surface area contributed by atoms with Gasteiger partial charge in [-0.25, -0.2) is 0 Å². The molecule has 0 aromatic heterocycles. The van der Waals surface area contributed by atoms with Crippen molar-refractivity contribution in [2.75, 3.05) is 41.3 Å². The number of methoxy groups -OCH3 is 1. The van der Waals surface area contributed by atoms with Crippen molar-refractivity contribution >= 4 is 35.8 Å². The van der Waals surface area contributed by atoms with Gasteiger partial charge in [0, 0.05) is 19.1 Å². The van der Waals surface area contributed by atoms with Gasteiger partial charge < -0.3 is 25.6 Å². The summed E-state index contributed by atoms with van der Waals surface area (Å²) in [4.78, 5) is 18.2. The van der Waals surface area contributed by atoms with Crippen molar-refractivity contribution < 1.29 is 9.53 Å². The van der Waals surface area contributed by atoms with E-state index in [1.165, 1.54) is 5.56 Å². The monoisotopic (exact) mass is 491 g/mol. The first-order valence-electron chi connectivity index (χ1n) is 8.72. The number of halogens is 1. The summed E-state index contributed by atoms with van der Waals surface area (Å²) < 4.78 is 5.22. The first-order valence-corrected chi connectivity index (χ1v) is 8.72. The van der Waals surface area contributed by atoms with E-state index in [9.17, 15) is 4.79 Å². The molecule has 0 heterocycles. The minimum Gasteiger partial charge on any atom is -0.497 e. The van der Waals surface area contributed by atoms with Crippen molar-refractivity contribution in [3.63, 3.8) is 0 Å². The van der Waals surface area contributed by atoms with Crippen LogP contribution in [0.1, 0.15) is 32.4 Å². The Labute approximate surface area is 180 Å². The molecule has 0 saturated heterocycles. The Bertz CT molecular complexity index is 597. The number of nitrogens with one attached hydrogen (secondary N) is 3. The Morgan fingerprint density at radius 2 is 1.78 bits per heavy atom. The SMILES string of the molecule is CN=C(NCC(=O)NC(C)(C)C)NCC(c1ccc(OC)cc1)N(C)C.I. The number of rotatable bonds is 7. The Kier molecular flexibility index (Phi) is 11.3. The van der Waals surface area contributed by atoms with Crippen molar-refractivity contribution in [3.8, 4) is 5.75 Å². The highest BCUT2D eigenvalue weighted by atomic mass is 127.